The maximum absolute atomic E-state index is 12.1. The highest BCUT2D eigenvalue weighted by Crippen LogP contribution is 2.25. The monoisotopic (exact) mass is 324 g/mol. The second-order valence-corrected chi connectivity index (χ2v) is 4.95. The van der Waals surface area contributed by atoms with Gasteiger partial charge in [-0.1, -0.05) is 18.2 Å². The average Bonchev–Trinajstić information content (AvgIpc) is 2.61. The smallest absolute Gasteiger partial charge is 0.262 e. The first-order valence-electron chi connectivity index (χ1n) is 7.08. The molecule has 0 aliphatic carbocycles. The second-order valence-electron chi connectivity index (χ2n) is 4.95. The minimum absolute atomic E-state index is 0.103. The van der Waals surface area contributed by atoms with Crippen molar-refractivity contribution in [2.24, 2.45) is 0 Å². The number of carbonyl (C=O) groups is 1. The van der Waals surface area contributed by atoms with Crippen LogP contribution in [0.5, 0.6) is 17.2 Å². The highest BCUT2D eigenvalue weighted by atomic mass is 16.5. The molecular weight excluding hydrogens is 308 g/mol. The number of phenols is 2. The van der Waals surface area contributed by atoms with Crippen LogP contribution in [0.15, 0.2) is 48.0 Å². The molecule has 0 radical (unpaired) electrons. The lowest BCUT2D eigenvalue weighted by atomic mass is 10.1. The molecule has 0 aliphatic rings. The first-order valence-corrected chi connectivity index (χ1v) is 7.08. The Morgan fingerprint density at radius 3 is 2.50 bits per heavy atom. The fourth-order valence-electron chi connectivity index (χ4n) is 1.97. The quantitative estimate of drug-likeness (QED) is 0.445. The lowest BCUT2D eigenvalue weighted by Crippen LogP contribution is -2.23. The van der Waals surface area contributed by atoms with Crippen LogP contribution >= 0.6 is 0 Å². The Morgan fingerprint density at radius 1 is 1.21 bits per heavy atom. The molecular formula is C18H16N2O4. The highest BCUT2D eigenvalue weighted by molar-refractivity contribution is 6.01. The average molecular weight is 324 g/mol. The maximum Gasteiger partial charge on any atom is 0.262 e. The maximum atomic E-state index is 12.1. The minimum atomic E-state index is -0.527. The Morgan fingerprint density at radius 2 is 1.92 bits per heavy atom. The molecule has 0 unspecified atom stereocenters. The van der Waals surface area contributed by atoms with Gasteiger partial charge >= 0.3 is 0 Å². The number of nitrogens with one attached hydrogen (secondary N) is 1. The third-order valence-corrected chi connectivity index (χ3v) is 3.29. The van der Waals surface area contributed by atoms with E-state index in [1.807, 2.05) is 18.2 Å². The molecule has 2 aromatic rings. The molecule has 24 heavy (non-hydrogen) atoms. The SMILES string of the molecule is COc1ccc(CNC(=O)/C(C#N)=C/c2ccc(O)c(O)c2)cc1. The van der Waals surface area contributed by atoms with Gasteiger partial charge in [0.05, 0.1) is 7.11 Å². The van der Waals surface area contributed by atoms with Crippen molar-refractivity contribution in [1.82, 2.24) is 5.32 Å². The highest BCUT2D eigenvalue weighted by Gasteiger charge is 2.09. The molecule has 2 rings (SSSR count). The molecule has 2 aromatic carbocycles. The van der Waals surface area contributed by atoms with Crippen LogP contribution in [-0.4, -0.2) is 23.2 Å². The fraction of sp³-hybridized carbons (Fsp3) is 0.111. The first kappa shape index (κ1) is 16.9. The molecule has 0 heterocycles. The van der Waals surface area contributed by atoms with Crippen molar-refractivity contribution in [2.45, 2.75) is 6.54 Å². The summed E-state index contributed by atoms with van der Waals surface area (Å²) in [6.07, 6.45) is 1.34. The van der Waals surface area contributed by atoms with Crippen LogP contribution < -0.4 is 10.1 Å². The van der Waals surface area contributed by atoms with Gasteiger partial charge < -0.3 is 20.3 Å². The van der Waals surface area contributed by atoms with E-state index in [1.165, 1.54) is 24.3 Å². The number of benzene rings is 2. The summed E-state index contributed by atoms with van der Waals surface area (Å²) in [5.74, 6) is -0.398. The van der Waals surface area contributed by atoms with Gasteiger partial charge in [0.15, 0.2) is 11.5 Å². The van der Waals surface area contributed by atoms with Crippen LogP contribution in [0.2, 0.25) is 0 Å². The summed E-state index contributed by atoms with van der Waals surface area (Å²) in [7, 11) is 1.57. The molecule has 0 aromatic heterocycles. The number of amides is 1. The Bertz CT molecular complexity index is 805. The van der Waals surface area contributed by atoms with Crippen molar-refractivity contribution in [2.75, 3.05) is 7.11 Å². The van der Waals surface area contributed by atoms with Gasteiger partial charge in [-0.25, -0.2) is 0 Å². The third-order valence-electron chi connectivity index (χ3n) is 3.29. The number of rotatable bonds is 5. The van der Waals surface area contributed by atoms with Gasteiger partial charge in [-0.05, 0) is 41.5 Å². The van der Waals surface area contributed by atoms with Gasteiger partial charge in [0, 0.05) is 6.54 Å². The van der Waals surface area contributed by atoms with Crippen LogP contribution in [0.3, 0.4) is 0 Å². The van der Waals surface area contributed by atoms with Gasteiger partial charge in [-0.15, -0.1) is 0 Å². The zero-order valence-electron chi connectivity index (χ0n) is 13.0. The molecule has 0 saturated carbocycles. The Kier molecular flexibility index (Phi) is 5.42. The van der Waals surface area contributed by atoms with Crippen LogP contribution in [0.4, 0.5) is 0 Å². The van der Waals surface area contributed by atoms with E-state index >= 15 is 0 Å². The van der Waals surface area contributed by atoms with E-state index in [4.69, 9.17) is 10.00 Å². The van der Waals surface area contributed by atoms with Crippen molar-refractivity contribution in [3.05, 3.63) is 59.2 Å². The zero-order valence-corrected chi connectivity index (χ0v) is 13.0. The Balaban J connectivity index is 2.06. The largest absolute Gasteiger partial charge is 0.504 e. The van der Waals surface area contributed by atoms with Crippen LogP contribution in [0, 0.1) is 11.3 Å². The van der Waals surface area contributed by atoms with E-state index in [1.54, 1.807) is 19.2 Å². The number of nitrogens with zero attached hydrogens (tertiary/aromatic N) is 1. The van der Waals surface area contributed by atoms with Crippen molar-refractivity contribution >= 4 is 12.0 Å². The molecule has 0 saturated heterocycles. The normalized spacial score (nSPS) is 10.8. The Hall–Kier alpha value is -3.46. The molecule has 0 bridgehead atoms. The number of methoxy groups -OCH3 is 1. The van der Waals surface area contributed by atoms with Crippen LogP contribution in [-0.2, 0) is 11.3 Å². The number of hydrogen-bond donors (Lipinski definition) is 3. The Labute approximate surface area is 139 Å². The summed E-state index contributed by atoms with van der Waals surface area (Å²) in [5.41, 5.74) is 1.19. The molecule has 3 N–H and O–H groups in total. The molecule has 122 valence electrons. The van der Waals surface area contributed by atoms with Crippen LogP contribution in [0.1, 0.15) is 11.1 Å². The predicted octanol–water partition coefficient (Wildman–Crippen LogP) is 2.33. The molecule has 6 heteroatoms. The van der Waals surface area contributed by atoms with Crippen molar-refractivity contribution in [1.29, 1.82) is 5.26 Å². The number of aromatic hydroxyl groups is 2. The summed E-state index contributed by atoms with van der Waals surface area (Å²) < 4.78 is 5.06. The van der Waals surface area contributed by atoms with E-state index in [2.05, 4.69) is 5.32 Å². The number of nitriles is 1. The van der Waals surface area contributed by atoms with Crippen molar-refractivity contribution in [3.8, 4) is 23.3 Å². The molecule has 0 aliphatic heterocycles. The van der Waals surface area contributed by atoms with E-state index in [9.17, 15) is 15.0 Å². The first-order chi connectivity index (χ1) is 11.5. The lowest BCUT2D eigenvalue weighted by Gasteiger charge is -2.06. The van der Waals surface area contributed by atoms with E-state index in [0.29, 0.717) is 5.56 Å². The summed E-state index contributed by atoms with van der Waals surface area (Å²) in [6, 6.07) is 13.0. The molecule has 1 amide bonds. The second kappa shape index (κ2) is 7.70. The number of ether oxygens (including phenoxy) is 1. The third kappa shape index (κ3) is 4.27. The van der Waals surface area contributed by atoms with Gasteiger partial charge in [-0.2, -0.15) is 5.26 Å². The molecule has 6 nitrogen and oxygen atoms in total. The van der Waals surface area contributed by atoms with E-state index < -0.39 is 5.91 Å². The number of carbonyl (C=O) groups excluding carboxylic acids is 1. The van der Waals surface area contributed by atoms with Crippen LogP contribution in [0.25, 0.3) is 6.08 Å². The number of phenolic OH excluding ortho intramolecular Hbond substituents is 2. The topological polar surface area (TPSA) is 103 Å². The van der Waals surface area contributed by atoms with Gasteiger partial charge in [-0.3, -0.25) is 4.79 Å². The van der Waals surface area contributed by atoms with E-state index in [-0.39, 0.29) is 23.6 Å². The molecule has 0 fully saturated rings. The van der Waals surface area contributed by atoms with Gasteiger partial charge in [0.25, 0.3) is 5.91 Å². The standard InChI is InChI=1S/C18H16N2O4/c1-24-15-5-2-12(3-6-15)11-20-18(23)14(10-19)8-13-4-7-16(21)17(22)9-13/h2-9,21-22H,11H2,1H3,(H,20,23)/b14-8+. The van der Waals surface area contributed by atoms with Crippen molar-refractivity contribution < 1.29 is 19.7 Å². The molecule has 0 atom stereocenters. The summed E-state index contributed by atoms with van der Waals surface area (Å²) in [5, 5.41) is 30.5. The fourth-order valence-corrected chi connectivity index (χ4v) is 1.97. The van der Waals surface area contributed by atoms with Gasteiger partial charge in [0.2, 0.25) is 0 Å². The lowest BCUT2D eigenvalue weighted by molar-refractivity contribution is -0.117. The summed E-state index contributed by atoms with van der Waals surface area (Å²) >= 11 is 0. The van der Waals surface area contributed by atoms with Gasteiger partial charge in [0.1, 0.15) is 17.4 Å². The summed E-state index contributed by atoms with van der Waals surface area (Å²) in [4.78, 5) is 12.1. The zero-order chi connectivity index (χ0) is 17.5. The van der Waals surface area contributed by atoms with Crippen molar-refractivity contribution in [3.63, 3.8) is 0 Å². The number of hydrogen-bond acceptors (Lipinski definition) is 5. The summed E-state index contributed by atoms with van der Waals surface area (Å²) in [6.45, 7) is 0.267. The van der Waals surface area contributed by atoms with E-state index in [0.717, 1.165) is 11.3 Å². The molecule has 0 spiro atoms. The minimum Gasteiger partial charge on any atom is -0.504 e. The predicted molar refractivity (Wildman–Crippen MR) is 88.2 cm³/mol.